The average molecular weight is 321 g/mol. The summed E-state index contributed by atoms with van der Waals surface area (Å²) < 4.78 is 27.1. The first-order valence-corrected chi connectivity index (χ1v) is 8.50. The van der Waals surface area contributed by atoms with E-state index in [0.717, 1.165) is 32.1 Å². The highest BCUT2D eigenvalue weighted by atomic mass is 32.1. The van der Waals surface area contributed by atoms with Crippen molar-refractivity contribution < 1.29 is 8.78 Å². The monoisotopic (exact) mass is 321 g/mol. The molecule has 4 aliphatic rings. The largest absolute Gasteiger partial charge is 0.393 e. The van der Waals surface area contributed by atoms with Gasteiger partial charge in [-0.15, -0.1) is 0 Å². The van der Waals surface area contributed by atoms with Crippen LogP contribution in [0.2, 0.25) is 0 Å². The Kier molecular flexibility index (Phi) is 3.13. The molecule has 4 fully saturated rings. The summed E-state index contributed by atoms with van der Waals surface area (Å²) in [7, 11) is 0. The van der Waals surface area contributed by atoms with Gasteiger partial charge in [0.25, 0.3) is 0 Å². The lowest BCUT2D eigenvalue weighted by molar-refractivity contribution is -0.130. The van der Waals surface area contributed by atoms with Crippen LogP contribution in [-0.4, -0.2) is 11.4 Å². The van der Waals surface area contributed by atoms with E-state index in [1.165, 1.54) is 5.56 Å². The van der Waals surface area contributed by atoms with Crippen LogP contribution in [0.1, 0.15) is 37.7 Å². The highest BCUT2D eigenvalue weighted by Crippen LogP contribution is 2.68. The number of hydrogen-bond donors (Lipinski definition) is 1. The second-order valence-corrected chi connectivity index (χ2v) is 8.16. The Balaban J connectivity index is 1.79. The van der Waals surface area contributed by atoms with Crippen LogP contribution in [0.25, 0.3) is 0 Å². The zero-order chi connectivity index (χ0) is 15.5. The standard InChI is InChI=1S/C18H21F2NS/c19-15(20)14-11-6-17(13-4-2-1-3-5-13)7-12(14)9-18(8-11,10-17)16(21)22/h1-5,11-12,14-15H,6-10H2,(H2,21,22). The Hall–Kier alpha value is -1.03. The summed E-state index contributed by atoms with van der Waals surface area (Å²) in [5.74, 6) is -0.342. The van der Waals surface area contributed by atoms with Crippen molar-refractivity contribution in [3.05, 3.63) is 35.9 Å². The number of nitrogens with two attached hydrogens (primary N) is 1. The molecule has 5 rings (SSSR count). The molecule has 1 nitrogen and oxygen atoms in total. The van der Waals surface area contributed by atoms with E-state index in [9.17, 15) is 8.78 Å². The fourth-order valence-electron chi connectivity index (χ4n) is 6.01. The third-order valence-electron chi connectivity index (χ3n) is 6.58. The predicted octanol–water partition coefficient (Wildman–Crippen LogP) is 4.30. The number of halogens is 2. The van der Waals surface area contributed by atoms with Gasteiger partial charge in [0.1, 0.15) is 0 Å². The summed E-state index contributed by atoms with van der Waals surface area (Å²) >= 11 is 5.38. The molecular weight excluding hydrogens is 300 g/mol. The maximum absolute atomic E-state index is 13.6. The lowest BCUT2D eigenvalue weighted by atomic mass is 9.40. The maximum Gasteiger partial charge on any atom is 0.241 e. The fraction of sp³-hybridized carbons (Fsp3) is 0.611. The number of thiocarbonyl (C=S) groups is 1. The Morgan fingerprint density at radius 2 is 1.68 bits per heavy atom. The average Bonchev–Trinajstić information content (AvgIpc) is 2.46. The van der Waals surface area contributed by atoms with E-state index in [-0.39, 0.29) is 22.7 Å². The molecule has 1 aromatic rings. The van der Waals surface area contributed by atoms with Crippen molar-refractivity contribution in [3.8, 4) is 0 Å². The number of hydrogen-bond acceptors (Lipinski definition) is 1. The highest BCUT2D eigenvalue weighted by Gasteiger charge is 2.63. The summed E-state index contributed by atoms with van der Waals surface area (Å²) in [5.41, 5.74) is 7.19. The Morgan fingerprint density at radius 1 is 1.09 bits per heavy atom. The predicted molar refractivity (Wildman–Crippen MR) is 86.9 cm³/mol. The van der Waals surface area contributed by atoms with Crippen LogP contribution in [0.15, 0.2) is 30.3 Å². The Morgan fingerprint density at radius 3 is 2.18 bits per heavy atom. The quantitative estimate of drug-likeness (QED) is 0.840. The van der Waals surface area contributed by atoms with Crippen molar-refractivity contribution in [3.63, 3.8) is 0 Å². The van der Waals surface area contributed by atoms with E-state index in [2.05, 4.69) is 12.1 Å². The molecule has 0 aliphatic heterocycles. The zero-order valence-electron chi connectivity index (χ0n) is 12.5. The third-order valence-corrected chi connectivity index (χ3v) is 7.01. The number of benzene rings is 1. The number of rotatable bonds is 3. The minimum atomic E-state index is -2.22. The smallest absolute Gasteiger partial charge is 0.241 e. The first kappa shape index (κ1) is 14.6. The highest BCUT2D eigenvalue weighted by molar-refractivity contribution is 7.80. The van der Waals surface area contributed by atoms with Crippen molar-refractivity contribution in [2.75, 3.05) is 0 Å². The van der Waals surface area contributed by atoms with Crippen LogP contribution >= 0.6 is 12.2 Å². The maximum atomic E-state index is 13.6. The third kappa shape index (κ3) is 1.89. The molecule has 4 saturated carbocycles. The molecule has 4 heteroatoms. The van der Waals surface area contributed by atoms with Gasteiger partial charge in [-0.25, -0.2) is 8.78 Å². The van der Waals surface area contributed by atoms with E-state index >= 15 is 0 Å². The van der Waals surface area contributed by atoms with Crippen LogP contribution < -0.4 is 5.73 Å². The van der Waals surface area contributed by atoms with Crippen molar-refractivity contribution in [2.45, 2.75) is 43.9 Å². The minimum Gasteiger partial charge on any atom is -0.393 e. The van der Waals surface area contributed by atoms with Gasteiger partial charge in [0.2, 0.25) is 6.43 Å². The van der Waals surface area contributed by atoms with Gasteiger partial charge in [0.05, 0.1) is 4.99 Å². The van der Waals surface area contributed by atoms with E-state index in [0.29, 0.717) is 4.99 Å². The first-order chi connectivity index (χ1) is 10.5. The summed E-state index contributed by atoms with van der Waals surface area (Å²) in [6.07, 6.45) is 2.00. The van der Waals surface area contributed by atoms with Gasteiger partial charge in [-0.2, -0.15) is 0 Å². The molecule has 0 spiro atoms. The summed E-state index contributed by atoms with van der Waals surface area (Å²) in [6, 6.07) is 10.4. The van der Waals surface area contributed by atoms with Crippen LogP contribution in [0.5, 0.6) is 0 Å². The Bertz CT molecular complexity index is 584. The molecule has 2 unspecified atom stereocenters. The first-order valence-electron chi connectivity index (χ1n) is 8.09. The molecule has 0 heterocycles. The second kappa shape index (κ2) is 4.73. The summed E-state index contributed by atoms with van der Waals surface area (Å²) in [6.45, 7) is 0. The number of alkyl halides is 2. The molecular formula is C18H21F2NS. The zero-order valence-corrected chi connectivity index (χ0v) is 13.3. The van der Waals surface area contributed by atoms with E-state index in [1.54, 1.807) is 0 Å². The lowest BCUT2D eigenvalue weighted by Crippen LogP contribution is -2.62. The molecule has 4 bridgehead atoms. The van der Waals surface area contributed by atoms with Gasteiger partial charge < -0.3 is 5.73 Å². The summed E-state index contributed by atoms with van der Waals surface area (Å²) in [4.78, 5) is 0.551. The molecule has 4 aliphatic carbocycles. The van der Waals surface area contributed by atoms with E-state index in [1.807, 2.05) is 18.2 Å². The van der Waals surface area contributed by atoms with Crippen LogP contribution in [0.4, 0.5) is 8.78 Å². The molecule has 2 N–H and O–H groups in total. The van der Waals surface area contributed by atoms with Crippen molar-refractivity contribution in [2.24, 2.45) is 28.9 Å². The van der Waals surface area contributed by atoms with E-state index in [4.69, 9.17) is 18.0 Å². The van der Waals surface area contributed by atoms with Gasteiger partial charge in [-0.05, 0) is 54.9 Å². The van der Waals surface area contributed by atoms with E-state index < -0.39 is 12.3 Å². The van der Waals surface area contributed by atoms with Crippen molar-refractivity contribution >= 4 is 17.2 Å². The van der Waals surface area contributed by atoms with Gasteiger partial charge in [-0.1, -0.05) is 42.5 Å². The molecule has 2 atom stereocenters. The van der Waals surface area contributed by atoms with Gasteiger partial charge in [0.15, 0.2) is 0 Å². The molecule has 0 amide bonds. The molecule has 0 saturated heterocycles. The molecule has 118 valence electrons. The van der Waals surface area contributed by atoms with Crippen LogP contribution in [0, 0.1) is 23.2 Å². The van der Waals surface area contributed by atoms with Crippen LogP contribution in [-0.2, 0) is 5.41 Å². The van der Waals surface area contributed by atoms with Gasteiger partial charge in [-0.3, -0.25) is 0 Å². The topological polar surface area (TPSA) is 26.0 Å². The molecule has 1 aromatic carbocycles. The van der Waals surface area contributed by atoms with Crippen molar-refractivity contribution in [1.29, 1.82) is 0 Å². The molecule has 0 radical (unpaired) electrons. The fourth-order valence-corrected chi connectivity index (χ4v) is 6.25. The molecule has 0 aromatic heterocycles. The SMILES string of the molecule is NC(=S)C12CC3CC(c4ccccc4)(CC(C1)C3C(F)F)C2. The summed E-state index contributed by atoms with van der Waals surface area (Å²) in [5, 5.41) is 0. The van der Waals surface area contributed by atoms with Crippen LogP contribution in [0.3, 0.4) is 0 Å². The van der Waals surface area contributed by atoms with Gasteiger partial charge >= 0.3 is 0 Å². The van der Waals surface area contributed by atoms with Gasteiger partial charge in [0, 0.05) is 11.3 Å². The Labute approximate surface area is 135 Å². The second-order valence-electron chi connectivity index (χ2n) is 7.72. The lowest BCUT2D eigenvalue weighted by Gasteiger charge is -2.64. The normalized spacial score (nSPS) is 42.8. The van der Waals surface area contributed by atoms with Crippen molar-refractivity contribution in [1.82, 2.24) is 0 Å². The molecule has 22 heavy (non-hydrogen) atoms. The minimum absolute atomic E-state index is 0.00190.